The molecule has 1 fully saturated rings. The number of aldehydes is 1. The molecule has 3 heteroatoms. The van der Waals surface area contributed by atoms with Gasteiger partial charge in [0.2, 0.25) is 0 Å². The topological polar surface area (TPSA) is 43.4 Å². The first-order chi connectivity index (χ1) is 12.0. The largest absolute Gasteiger partial charge is 0.381 e. The number of benzene rings is 1. The number of hydrogen-bond acceptors (Lipinski definition) is 3. The van der Waals surface area contributed by atoms with Crippen molar-refractivity contribution in [2.24, 2.45) is 5.41 Å². The van der Waals surface area contributed by atoms with E-state index in [1.165, 1.54) is 16.7 Å². The van der Waals surface area contributed by atoms with E-state index in [0.717, 1.165) is 37.5 Å². The highest BCUT2D eigenvalue weighted by Crippen LogP contribution is 2.47. The fraction of sp³-hybridized carbons (Fsp3) is 0.545. The van der Waals surface area contributed by atoms with Crippen LogP contribution in [0.1, 0.15) is 61.8 Å². The van der Waals surface area contributed by atoms with Crippen molar-refractivity contribution in [2.45, 2.75) is 59.3 Å². The van der Waals surface area contributed by atoms with Gasteiger partial charge in [0.25, 0.3) is 0 Å². The number of carbonyl (C=O) groups excluding carboxylic acids is 2. The maximum atomic E-state index is 13.2. The summed E-state index contributed by atoms with van der Waals surface area (Å²) in [5.41, 5.74) is 5.94. The SMILES string of the molecule is CCc1cc(C)cc(CC)c1C1=C(C=O)CC2(CCOCC2)CC1=O. The molecule has 1 aliphatic heterocycles. The van der Waals surface area contributed by atoms with E-state index in [-0.39, 0.29) is 11.2 Å². The predicted molar refractivity (Wildman–Crippen MR) is 99.6 cm³/mol. The molecule has 1 aromatic rings. The van der Waals surface area contributed by atoms with Crippen molar-refractivity contribution in [3.8, 4) is 0 Å². The minimum absolute atomic E-state index is 0.0709. The average molecular weight is 340 g/mol. The second-order valence-corrected chi connectivity index (χ2v) is 7.57. The summed E-state index contributed by atoms with van der Waals surface area (Å²) in [6, 6.07) is 4.33. The quantitative estimate of drug-likeness (QED) is 0.770. The monoisotopic (exact) mass is 340 g/mol. The van der Waals surface area contributed by atoms with E-state index in [4.69, 9.17) is 4.74 Å². The molecule has 3 rings (SSSR count). The summed E-state index contributed by atoms with van der Waals surface area (Å²) in [5, 5.41) is 0. The van der Waals surface area contributed by atoms with Crippen LogP contribution >= 0.6 is 0 Å². The molecule has 3 nitrogen and oxygen atoms in total. The van der Waals surface area contributed by atoms with Crippen LogP contribution in [-0.4, -0.2) is 25.3 Å². The number of carbonyl (C=O) groups is 2. The molecule has 0 amide bonds. The van der Waals surface area contributed by atoms with Crippen molar-refractivity contribution in [1.82, 2.24) is 0 Å². The molecular formula is C22H28O3. The summed E-state index contributed by atoms with van der Waals surface area (Å²) in [5.74, 6) is 0.142. The molecule has 1 spiro atoms. The van der Waals surface area contributed by atoms with Crippen molar-refractivity contribution < 1.29 is 14.3 Å². The van der Waals surface area contributed by atoms with Crippen LogP contribution in [0, 0.1) is 12.3 Å². The third-order valence-corrected chi connectivity index (χ3v) is 5.85. The molecule has 134 valence electrons. The predicted octanol–water partition coefficient (Wildman–Crippen LogP) is 4.23. The van der Waals surface area contributed by atoms with Crippen LogP contribution in [0.3, 0.4) is 0 Å². The van der Waals surface area contributed by atoms with Gasteiger partial charge < -0.3 is 4.74 Å². The van der Waals surface area contributed by atoms with E-state index < -0.39 is 0 Å². The number of hydrogen-bond donors (Lipinski definition) is 0. The standard InChI is InChI=1S/C22H28O3/c1-4-16-10-15(3)11-17(5-2)20(16)21-18(14-23)12-22(13-19(21)24)6-8-25-9-7-22/h10-11,14H,4-9,12-13H2,1-3H3. The summed E-state index contributed by atoms with van der Waals surface area (Å²) < 4.78 is 5.48. The van der Waals surface area contributed by atoms with Gasteiger partial charge in [-0.15, -0.1) is 0 Å². The van der Waals surface area contributed by atoms with Crippen LogP contribution < -0.4 is 0 Å². The second kappa shape index (κ2) is 7.25. The molecule has 0 unspecified atom stereocenters. The molecule has 0 aromatic heterocycles. The fourth-order valence-electron chi connectivity index (χ4n) is 4.54. The minimum Gasteiger partial charge on any atom is -0.381 e. The van der Waals surface area contributed by atoms with Gasteiger partial charge in [-0.3, -0.25) is 9.59 Å². The maximum absolute atomic E-state index is 13.2. The van der Waals surface area contributed by atoms with Crippen LogP contribution in [-0.2, 0) is 27.2 Å². The molecule has 1 aromatic carbocycles. The van der Waals surface area contributed by atoms with Crippen molar-refractivity contribution >= 4 is 17.6 Å². The van der Waals surface area contributed by atoms with Crippen molar-refractivity contribution in [2.75, 3.05) is 13.2 Å². The van der Waals surface area contributed by atoms with Gasteiger partial charge in [-0.1, -0.05) is 31.5 Å². The summed E-state index contributed by atoms with van der Waals surface area (Å²) in [6.45, 7) is 7.72. The van der Waals surface area contributed by atoms with Gasteiger partial charge in [0, 0.05) is 30.8 Å². The van der Waals surface area contributed by atoms with E-state index in [9.17, 15) is 9.59 Å². The van der Waals surface area contributed by atoms with E-state index in [1.54, 1.807) is 0 Å². The van der Waals surface area contributed by atoms with Crippen molar-refractivity contribution in [3.63, 3.8) is 0 Å². The highest BCUT2D eigenvalue weighted by Gasteiger charge is 2.41. The van der Waals surface area contributed by atoms with Crippen LogP contribution in [0.25, 0.3) is 5.57 Å². The number of ketones is 1. The Morgan fingerprint density at radius 2 is 1.68 bits per heavy atom. The van der Waals surface area contributed by atoms with Crippen molar-refractivity contribution in [1.29, 1.82) is 0 Å². The smallest absolute Gasteiger partial charge is 0.164 e. The number of ether oxygens (including phenoxy) is 1. The van der Waals surface area contributed by atoms with Crippen LogP contribution in [0.2, 0.25) is 0 Å². The van der Waals surface area contributed by atoms with E-state index >= 15 is 0 Å². The number of allylic oxidation sites excluding steroid dienone is 2. The molecule has 2 aliphatic rings. The van der Waals surface area contributed by atoms with E-state index in [2.05, 4.69) is 32.9 Å². The van der Waals surface area contributed by atoms with Gasteiger partial charge in [0.1, 0.15) is 6.29 Å². The Bertz CT molecular complexity index is 696. The summed E-state index contributed by atoms with van der Waals surface area (Å²) >= 11 is 0. The van der Waals surface area contributed by atoms with Crippen LogP contribution in [0.4, 0.5) is 0 Å². The third-order valence-electron chi connectivity index (χ3n) is 5.85. The highest BCUT2D eigenvalue weighted by molar-refractivity contribution is 6.26. The molecule has 1 aliphatic carbocycles. The first-order valence-electron chi connectivity index (χ1n) is 9.45. The van der Waals surface area contributed by atoms with Gasteiger partial charge in [0.15, 0.2) is 5.78 Å². The molecule has 25 heavy (non-hydrogen) atoms. The Morgan fingerprint density at radius 1 is 1.08 bits per heavy atom. The minimum atomic E-state index is -0.0709. The lowest BCUT2D eigenvalue weighted by atomic mass is 9.65. The Morgan fingerprint density at radius 3 is 2.20 bits per heavy atom. The van der Waals surface area contributed by atoms with Crippen LogP contribution in [0.5, 0.6) is 0 Å². The van der Waals surface area contributed by atoms with Gasteiger partial charge in [0.05, 0.1) is 0 Å². The number of rotatable bonds is 4. The van der Waals surface area contributed by atoms with E-state index in [0.29, 0.717) is 37.2 Å². The lowest BCUT2D eigenvalue weighted by Gasteiger charge is -2.40. The van der Waals surface area contributed by atoms with E-state index in [1.807, 2.05) is 0 Å². The summed E-state index contributed by atoms with van der Waals surface area (Å²) in [4.78, 5) is 25.1. The Hall–Kier alpha value is -1.74. The van der Waals surface area contributed by atoms with Gasteiger partial charge in [-0.25, -0.2) is 0 Å². The lowest BCUT2D eigenvalue weighted by Crippen LogP contribution is -2.36. The number of aryl methyl sites for hydroxylation is 3. The molecule has 0 radical (unpaired) electrons. The third kappa shape index (κ3) is 3.35. The first kappa shape index (κ1) is 18.1. The first-order valence-corrected chi connectivity index (χ1v) is 9.45. The molecule has 0 atom stereocenters. The second-order valence-electron chi connectivity index (χ2n) is 7.57. The molecule has 1 saturated heterocycles. The zero-order chi connectivity index (χ0) is 18.0. The van der Waals surface area contributed by atoms with Crippen LogP contribution in [0.15, 0.2) is 17.7 Å². The summed E-state index contributed by atoms with van der Waals surface area (Å²) in [7, 11) is 0. The molecular weight excluding hydrogens is 312 g/mol. The molecule has 0 bridgehead atoms. The molecule has 0 saturated carbocycles. The highest BCUT2D eigenvalue weighted by atomic mass is 16.5. The summed E-state index contributed by atoms with van der Waals surface area (Å²) in [6.07, 6.45) is 5.67. The zero-order valence-electron chi connectivity index (χ0n) is 15.6. The Labute approximate surface area is 150 Å². The lowest BCUT2D eigenvalue weighted by molar-refractivity contribution is -0.119. The van der Waals surface area contributed by atoms with Crippen molar-refractivity contribution in [3.05, 3.63) is 40.0 Å². The number of Topliss-reactive ketones (excluding diaryl/α,β-unsaturated/α-hetero) is 1. The molecule has 0 N–H and O–H groups in total. The maximum Gasteiger partial charge on any atom is 0.164 e. The average Bonchev–Trinajstić information content (AvgIpc) is 2.61. The Balaban J connectivity index is 2.15. The van der Waals surface area contributed by atoms with Gasteiger partial charge in [-0.05, 0) is 61.1 Å². The zero-order valence-corrected chi connectivity index (χ0v) is 15.6. The normalized spacial score (nSPS) is 20.2. The fourth-order valence-corrected chi connectivity index (χ4v) is 4.54. The molecule has 1 heterocycles. The van der Waals surface area contributed by atoms with Gasteiger partial charge in [-0.2, -0.15) is 0 Å². The Kier molecular flexibility index (Phi) is 5.24. The van der Waals surface area contributed by atoms with Gasteiger partial charge >= 0.3 is 0 Å².